The Morgan fingerprint density at radius 2 is 2.19 bits per heavy atom. The lowest BCUT2D eigenvalue weighted by molar-refractivity contribution is -0.0214. The lowest BCUT2D eigenvalue weighted by Crippen LogP contribution is -2.42. The molecule has 4 heteroatoms. The SMILES string of the molecule is CC1CN(CCOc2ccc(C#CCCO)cc2)CCO1. The topological polar surface area (TPSA) is 41.9 Å². The standard InChI is InChI=1S/C17H23NO3/c1-15-14-18(9-12-20-15)10-13-21-17-7-5-16(6-8-17)4-2-3-11-19/h5-8,15,19H,3,9-14H2,1H3. The smallest absolute Gasteiger partial charge is 0.119 e. The van der Waals surface area contributed by atoms with Gasteiger partial charge in [-0.2, -0.15) is 0 Å². The van der Waals surface area contributed by atoms with Gasteiger partial charge in [0.25, 0.3) is 0 Å². The fourth-order valence-corrected chi connectivity index (χ4v) is 2.24. The van der Waals surface area contributed by atoms with Crippen LogP contribution in [0.2, 0.25) is 0 Å². The first-order valence-corrected chi connectivity index (χ1v) is 7.44. The zero-order valence-electron chi connectivity index (χ0n) is 12.5. The summed E-state index contributed by atoms with van der Waals surface area (Å²) in [6.07, 6.45) is 0.825. The van der Waals surface area contributed by atoms with Crippen LogP contribution in [0.15, 0.2) is 24.3 Å². The molecule has 1 aliphatic heterocycles. The van der Waals surface area contributed by atoms with Gasteiger partial charge in [0.1, 0.15) is 12.4 Å². The van der Waals surface area contributed by atoms with Crippen molar-refractivity contribution in [2.75, 3.05) is 39.5 Å². The van der Waals surface area contributed by atoms with E-state index in [-0.39, 0.29) is 6.61 Å². The molecule has 1 N–H and O–H groups in total. The molecule has 1 atom stereocenters. The van der Waals surface area contributed by atoms with Gasteiger partial charge in [-0.25, -0.2) is 0 Å². The van der Waals surface area contributed by atoms with E-state index in [1.54, 1.807) is 0 Å². The third kappa shape index (κ3) is 5.76. The molecule has 1 aromatic carbocycles. The minimum atomic E-state index is 0.106. The Balaban J connectivity index is 1.72. The molecule has 0 amide bonds. The molecule has 1 unspecified atom stereocenters. The Kier molecular flexibility index (Phi) is 6.55. The fourth-order valence-electron chi connectivity index (χ4n) is 2.24. The Bertz CT molecular complexity index is 475. The van der Waals surface area contributed by atoms with E-state index in [9.17, 15) is 0 Å². The van der Waals surface area contributed by atoms with Crippen LogP contribution in [0.5, 0.6) is 5.75 Å². The van der Waals surface area contributed by atoms with E-state index in [0.29, 0.717) is 19.1 Å². The van der Waals surface area contributed by atoms with Crippen LogP contribution in [-0.4, -0.2) is 55.6 Å². The monoisotopic (exact) mass is 289 g/mol. The molecule has 114 valence electrons. The number of hydrogen-bond acceptors (Lipinski definition) is 4. The molecule has 1 aromatic rings. The summed E-state index contributed by atoms with van der Waals surface area (Å²) in [6, 6.07) is 7.75. The van der Waals surface area contributed by atoms with Crippen molar-refractivity contribution in [2.24, 2.45) is 0 Å². The van der Waals surface area contributed by atoms with Gasteiger partial charge < -0.3 is 14.6 Å². The lowest BCUT2D eigenvalue weighted by atomic mass is 10.2. The zero-order chi connectivity index (χ0) is 14.9. The summed E-state index contributed by atoms with van der Waals surface area (Å²) < 4.78 is 11.3. The predicted octanol–water partition coefficient (Wildman–Crippen LogP) is 1.52. The average Bonchev–Trinajstić information content (AvgIpc) is 2.49. The summed E-state index contributed by atoms with van der Waals surface area (Å²) in [5.74, 6) is 6.76. The minimum Gasteiger partial charge on any atom is -0.492 e. The van der Waals surface area contributed by atoms with E-state index >= 15 is 0 Å². The Labute approximate surface area is 126 Å². The maximum Gasteiger partial charge on any atom is 0.119 e. The van der Waals surface area contributed by atoms with Crippen LogP contribution < -0.4 is 4.74 Å². The van der Waals surface area contributed by atoms with Crippen molar-refractivity contribution in [1.29, 1.82) is 0 Å². The number of hydrogen-bond donors (Lipinski definition) is 1. The van der Waals surface area contributed by atoms with E-state index in [4.69, 9.17) is 14.6 Å². The van der Waals surface area contributed by atoms with Crippen LogP contribution in [0.3, 0.4) is 0 Å². The highest BCUT2D eigenvalue weighted by Crippen LogP contribution is 2.12. The largest absolute Gasteiger partial charge is 0.492 e. The summed E-state index contributed by atoms with van der Waals surface area (Å²) in [7, 11) is 0. The molecule has 0 saturated carbocycles. The van der Waals surface area contributed by atoms with Crippen molar-refractivity contribution in [3.05, 3.63) is 29.8 Å². The first-order valence-electron chi connectivity index (χ1n) is 7.44. The average molecular weight is 289 g/mol. The molecule has 0 radical (unpaired) electrons. The van der Waals surface area contributed by atoms with Crippen LogP contribution in [0.25, 0.3) is 0 Å². The van der Waals surface area contributed by atoms with Gasteiger partial charge in [0.2, 0.25) is 0 Å². The maximum absolute atomic E-state index is 8.68. The molecular formula is C17H23NO3. The number of benzene rings is 1. The molecule has 2 rings (SSSR count). The van der Waals surface area contributed by atoms with Crippen molar-refractivity contribution in [2.45, 2.75) is 19.4 Å². The summed E-state index contributed by atoms with van der Waals surface area (Å²) in [4.78, 5) is 2.36. The van der Waals surface area contributed by atoms with E-state index in [2.05, 4.69) is 23.7 Å². The van der Waals surface area contributed by atoms with Crippen molar-refractivity contribution in [3.8, 4) is 17.6 Å². The van der Waals surface area contributed by atoms with Crippen molar-refractivity contribution in [3.63, 3.8) is 0 Å². The second-order valence-electron chi connectivity index (χ2n) is 5.13. The number of ether oxygens (including phenoxy) is 2. The van der Waals surface area contributed by atoms with Crippen molar-refractivity contribution >= 4 is 0 Å². The van der Waals surface area contributed by atoms with Crippen molar-refractivity contribution < 1.29 is 14.6 Å². The van der Waals surface area contributed by atoms with Gasteiger partial charge in [0.15, 0.2) is 0 Å². The number of morpholine rings is 1. The zero-order valence-corrected chi connectivity index (χ0v) is 12.5. The summed E-state index contributed by atoms with van der Waals surface area (Å²) in [5, 5.41) is 8.68. The maximum atomic E-state index is 8.68. The third-order valence-corrected chi connectivity index (χ3v) is 3.33. The van der Waals surface area contributed by atoms with Gasteiger partial charge in [0.05, 0.1) is 19.3 Å². The third-order valence-electron chi connectivity index (χ3n) is 3.33. The minimum absolute atomic E-state index is 0.106. The van der Waals surface area contributed by atoms with Gasteiger partial charge in [-0.05, 0) is 31.2 Å². The molecule has 1 heterocycles. The molecule has 1 fully saturated rings. The number of aliphatic hydroxyl groups excluding tert-OH is 1. The normalized spacial score (nSPS) is 18.9. The summed E-state index contributed by atoms with van der Waals surface area (Å²) >= 11 is 0. The predicted molar refractivity (Wildman–Crippen MR) is 82.4 cm³/mol. The van der Waals surface area contributed by atoms with E-state index in [1.807, 2.05) is 24.3 Å². The van der Waals surface area contributed by atoms with Crippen molar-refractivity contribution in [1.82, 2.24) is 4.90 Å². The number of rotatable bonds is 5. The molecule has 1 saturated heterocycles. The Morgan fingerprint density at radius 3 is 2.90 bits per heavy atom. The lowest BCUT2D eigenvalue weighted by Gasteiger charge is -2.30. The quantitative estimate of drug-likeness (QED) is 0.835. The highest BCUT2D eigenvalue weighted by atomic mass is 16.5. The van der Waals surface area contributed by atoms with Crippen LogP contribution in [0.1, 0.15) is 18.9 Å². The van der Waals surface area contributed by atoms with Crippen LogP contribution in [-0.2, 0) is 4.74 Å². The molecule has 0 spiro atoms. The van der Waals surface area contributed by atoms with Crippen LogP contribution in [0.4, 0.5) is 0 Å². The van der Waals surface area contributed by atoms with Gasteiger partial charge in [-0.3, -0.25) is 4.90 Å². The molecule has 0 aromatic heterocycles. The first-order chi connectivity index (χ1) is 10.3. The fraction of sp³-hybridized carbons (Fsp3) is 0.529. The van der Waals surface area contributed by atoms with Crippen LogP contribution >= 0.6 is 0 Å². The van der Waals surface area contributed by atoms with E-state index in [0.717, 1.165) is 37.6 Å². The van der Waals surface area contributed by atoms with E-state index in [1.165, 1.54) is 0 Å². The molecular weight excluding hydrogens is 266 g/mol. The number of nitrogens with zero attached hydrogens (tertiary/aromatic N) is 1. The Morgan fingerprint density at radius 1 is 1.38 bits per heavy atom. The molecule has 21 heavy (non-hydrogen) atoms. The second-order valence-corrected chi connectivity index (χ2v) is 5.13. The number of aliphatic hydroxyl groups is 1. The molecule has 1 aliphatic rings. The first kappa shape index (κ1) is 15.8. The molecule has 0 bridgehead atoms. The molecule has 4 nitrogen and oxygen atoms in total. The summed E-state index contributed by atoms with van der Waals surface area (Å²) in [5.41, 5.74) is 0.942. The van der Waals surface area contributed by atoms with E-state index < -0.39 is 0 Å². The molecule has 0 aliphatic carbocycles. The highest BCUT2D eigenvalue weighted by Gasteiger charge is 2.15. The van der Waals surface area contributed by atoms with Gasteiger partial charge in [-0.1, -0.05) is 11.8 Å². The van der Waals surface area contributed by atoms with Gasteiger partial charge in [-0.15, -0.1) is 0 Å². The highest BCUT2D eigenvalue weighted by molar-refractivity contribution is 5.38. The van der Waals surface area contributed by atoms with Gasteiger partial charge >= 0.3 is 0 Å². The van der Waals surface area contributed by atoms with Crippen LogP contribution in [0, 0.1) is 11.8 Å². The van der Waals surface area contributed by atoms with Gasteiger partial charge in [0, 0.05) is 31.6 Å². The second kappa shape index (κ2) is 8.68. The summed E-state index contributed by atoms with van der Waals surface area (Å²) in [6.45, 7) is 6.57. The Hall–Kier alpha value is -1.54.